The van der Waals surface area contributed by atoms with E-state index in [9.17, 15) is 13.2 Å². The van der Waals surface area contributed by atoms with Crippen LogP contribution in [0.15, 0.2) is 41.1 Å². The van der Waals surface area contributed by atoms with Gasteiger partial charge in [0.25, 0.3) is 0 Å². The largest absolute Gasteiger partial charge is 0.356 e. The zero-order valence-electron chi connectivity index (χ0n) is 13.9. The highest BCUT2D eigenvalue weighted by atomic mass is 32.2. The van der Waals surface area contributed by atoms with Crippen molar-refractivity contribution in [1.82, 2.24) is 15.0 Å². The average Bonchev–Trinajstić information content (AvgIpc) is 2.99. The number of aryl methyl sites for hydroxylation is 1. The Balaban J connectivity index is 1.66. The van der Waals surface area contributed by atoms with Gasteiger partial charge >= 0.3 is 0 Å². The summed E-state index contributed by atoms with van der Waals surface area (Å²) < 4.78 is 26.1. The van der Waals surface area contributed by atoms with Gasteiger partial charge < -0.3 is 5.32 Å². The van der Waals surface area contributed by atoms with Crippen LogP contribution in [0.4, 0.5) is 0 Å². The fourth-order valence-corrected chi connectivity index (χ4v) is 3.60. The molecule has 1 aromatic carbocycles. The minimum atomic E-state index is -3.56. The number of amides is 1. The second-order valence-corrected chi connectivity index (χ2v) is 7.98. The molecule has 1 heterocycles. The van der Waals surface area contributed by atoms with Gasteiger partial charge in [-0.3, -0.25) is 4.79 Å². The van der Waals surface area contributed by atoms with E-state index >= 15 is 0 Å². The molecule has 25 heavy (non-hydrogen) atoms. The standard InChI is InChI=1S/C17H21N3O3S2/c1-14-13-24-17(20-14)8-10-18-16(21)7-11-19-25(22,23)12-9-15-5-3-2-4-6-15/h2-6,9,12-13,19H,7-8,10-11H2,1H3,(H,18,21). The molecule has 2 aromatic rings. The Morgan fingerprint density at radius 3 is 2.68 bits per heavy atom. The number of sulfonamides is 1. The highest BCUT2D eigenvalue weighted by Gasteiger charge is 2.07. The molecule has 0 bridgehead atoms. The van der Waals surface area contributed by atoms with Crippen LogP contribution < -0.4 is 10.0 Å². The summed E-state index contributed by atoms with van der Waals surface area (Å²) in [6, 6.07) is 9.14. The number of rotatable bonds is 9. The Morgan fingerprint density at radius 2 is 2.00 bits per heavy atom. The van der Waals surface area contributed by atoms with Crippen molar-refractivity contribution in [1.29, 1.82) is 0 Å². The van der Waals surface area contributed by atoms with E-state index in [0.717, 1.165) is 21.7 Å². The summed E-state index contributed by atoms with van der Waals surface area (Å²) in [5, 5.41) is 6.81. The summed E-state index contributed by atoms with van der Waals surface area (Å²) in [7, 11) is -3.56. The molecule has 0 atom stereocenters. The fourth-order valence-electron chi connectivity index (χ4n) is 2.00. The van der Waals surface area contributed by atoms with Gasteiger partial charge in [0.15, 0.2) is 0 Å². The number of nitrogens with zero attached hydrogens (tertiary/aromatic N) is 1. The molecule has 0 aliphatic heterocycles. The highest BCUT2D eigenvalue weighted by Crippen LogP contribution is 2.08. The number of nitrogens with one attached hydrogen (secondary N) is 2. The van der Waals surface area contributed by atoms with Crippen LogP contribution in [0, 0.1) is 6.92 Å². The van der Waals surface area contributed by atoms with Crippen molar-refractivity contribution in [2.24, 2.45) is 0 Å². The predicted molar refractivity (Wildman–Crippen MR) is 101 cm³/mol. The lowest BCUT2D eigenvalue weighted by Crippen LogP contribution is -2.30. The summed E-state index contributed by atoms with van der Waals surface area (Å²) in [6.45, 7) is 2.48. The molecule has 0 aliphatic rings. The number of hydrogen-bond acceptors (Lipinski definition) is 5. The number of carbonyl (C=O) groups is 1. The number of carbonyl (C=O) groups excluding carboxylic acids is 1. The van der Waals surface area contributed by atoms with Gasteiger partial charge in [0, 0.05) is 42.4 Å². The van der Waals surface area contributed by atoms with Gasteiger partial charge in [-0.2, -0.15) is 0 Å². The van der Waals surface area contributed by atoms with E-state index in [0.29, 0.717) is 13.0 Å². The van der Waals surface area contributed by atoms with Gasteiger partial charge in [-0.25, -0.2) is 18.1 Å². The van der Waals surface area contributed by atoms with Gasteiger partial charge in [0.05, 0.1) is 5.01 Å². The maximum Gasteiger partial charge on any atom is 0.233 e. The molecule has 134 valence electrons. The third kappa shape index (κ3) is 7.59. The van der Waals surface area contributed by atoms with E-state index in [2.05, 4.69) is 15.0 Å². The van der Waals surface area contributed by atoms with Crippen LogP contribution in [0.3, 0.4) is 0 Å². The molecular weight excluding hydrogens is 358 g/mol. The molecule has 0 saturated carbocycles. The lowest BCUT2D eigenvalue weighted by Gasteiger charge is -2.05. The average molecular weight is 380 g/mol. The quantitative estimate of drug-likeness (QED) is 0.698. The number of benzene rings is 1. The van der Waals surface area contributed by atoms with E-state index in [1.165, 1.54) is 6.08 Å². The van der Waals surface area contributed by atoms with E-state index in [-0.39, 0.29) is 18.9 Å². The van der Waals surface area contributed by atoms with Gasteiger partial charge in [-0.15, -0.1) is 11.3 Å². The minimum absolute atomic E-state index is 0.0592. The first-order valence-electron chi connectivity index (χ1n) is 7.85. The Hall–Kier alpha value is -2.03. The summed E-state index contributed by atoms with van der Waals surface area (Å²) in [6.07, 6.45) is 2.28. The first kappa shape index (κ1) is 19.3. The second-order valence-electron chi connectivity index (χ2n) is 5.39. The predicted octanol–water partition coefficient (Wildman–Crippen LogP) is 2.09. The Morgan fingerprint density at radius 1 is 1.24 bits per heavy atom. The van der Waals surface area contributed by atoms with Crippen molar-refractivity contribution in [3.63, 3.8) is 0 Å². The number of aromatic nitrogens is 1. The molecule has 0 unspecified atom stereocenters. The minimum Gasteiger partial charge on any atom is -0.356 e. The van der Waals surface area contributed by atoms with Gasteiger partial charge in [-0.05, 0) is 18.6 Å². The number of hydrogen-bond donors (Lipinski definition) is 2. The summed E-state index contributed by atoms with van der Waals surface area (Å²) in [4.78, 5) is 16.0. The molecule has 0 saturated heterocycles. The monoisotopic (exact) mass is 379 g/mol. The van der Waals surface area contributed by atoms with Crippen LogP contribution in [0.25, 0.3) is 6.08 Å². The van der Waals surface area contributed by atoms with Crippen molar-refractivity contribution in [3.05, 3.63) is 57.4 Å². The van der Waals surface area contributed by atoms with Crippen LogP contribution in [-0.4, -0.2) is 32.4 Å². The molecule has 1 amide bonds. The second kappa shape index (κ2) is 9.45. The van der Waals surface area contributed by atoms with Crippen LogP contribution in [-0.2, 0) is 21.2 Å². The molecule has 2 rings (SSSR count). The highest BCUT2D eigenvalue weighted by molar-refractivity contribution is 7.92. The van der Waals surface area contributed by atoms with Crippen molar-refractivity contribution in [2.75, 3.05) is 13.1 Å². The third-order valence-electron chi connectivity index (χ3n) is 3.22. The molecule has 0 radical (unpaired) electrons. The van der Waals surface area contributed by atoms with Crippen molar-refractivity contribution in [2.45, 2.75) is 19.8 Å². The van der Waals surface area contributed by atoms with Crippen molar-refractivity contribution >= 4 is 33.3 Å². The summed E-state index contributed by atoms with van der Waals surface area (Å²) in [5.74, 6) is -0.192. The van der Waals surface area contributed by atoms with E-state index in [4.69, 9.17) is 0 Å². The smallest absolute Gasteiger partial charge is 0.233 e. The van der Waals surface area contributed by atoms with E-state index < -0.39 is 10.0 Å². The van der Waals surface area contributed by atoms with Gasteiger partial charge in [0.1, 0.15) is 0 Å². The van der Waals surface area contributed by atoms with Crippen LogP contribution in [0.5, 0.6) is 0 Å². The van der Waals surface area contributed by atoms with Crippen LogP contribution in [0.2, 0.25) is 0 Å². The molecule has 0 spiro atoms. The van der Waals surface area contributed by atoms with E-state index in [1.807, 2.05) is 42.6 Å². The maximum absolute atomic E-state index is 11.9. The lowest BCUT2D eigenvalue weighted by molar-refractivity contribution is -0.120. The Bertz CT molecular complexity index is 815. The molecular formula is C17H21N3O3S2. The molecule has 2 N–H and O–H groups in total. The Labute approximate surface area is 152 Å². The van der Waals surface area contributed by atoms with Crippen LogP contribution >= 0.6 is 11.3 Å². The summed E-state index contributed by atoms with van der Waals surface area (Å²) in [5.41, 5.74) is 1.77. The van der Waals surface area contributed by atoms with E-state index in [1.54, 1.807) is 11.3 Å². The normalized spacial score (nSPS) is 11.7. The topological polar surface area (TPSA) is 88.2 Å². The molecule has 8 heteroatoms. The maximum atomic E-state index is 11.9. The lowest BCUT2D eigenvalue weighted by atomic mass is 10.2. The zero-order valence-corrected chi connectivity index (χ0v) is 15.6. The molecule has 0 fully saturated rings. The molecule has 0 aliphatic carbocycles. The zero-order chi connectivity index (χ0) is 18.1. The molecule has 6 nitrogen and oxygen atoms in total. The fraction of sp³-hybridized carbons (Fsp3) is 0.294. The van der Waals surface area contributed by atoms with Gasteiger partial charge in [-0.1, -0.05) is 30.3 Å². The van der Waals surface area contributed by atoms with Crippen molar-refractivity contribution < 1.29 is 13.2 Å². The SMILES string of the molecule is Cc1csc(CCNC(=O)CCNS(=O)(=O)C=Cc2ccccc2)n1. The first-order chi connectivity index (χ1) is 11.9. The van der Waals surface area contributed by atoms with Crippen molar-refractivity contribution in [3.8, 4) is 0 Å². The summed E-state index contributed by atoms with van der Waals surface area (Å²) >= 11 is 1.56. The first-order valence-corrected chi connectivity index (χ1v) is 10.3. The molecule has 1 aromatic heterocycles. The van der Waals surface area contributed by atoms with Crippen LogP contribution in [0.1, 0.15) is 22.7 Å². The third-order valence-corrected chi connectivity index (χ3v) is 5.35. The van der Waals surface area contributed by atoms with Gasteiger partial charge in [0.2, 0.25) is 15.9 Å². The number of thiazole rings is 1. The Kier molecular flexibility index (Phi) is 7.30.